The average molecular weight is 330 g/mol. The standard InChI is InChI=1S/C18H19FN2O3/c1-18(8-10-23-11-9-18)17(22)21-16-7-6-13(12-20-16)24-15-5-3-2-4-14(15)19/h2-7,12H,8-11H2,1H3,(H,20,21,22). The Balaban J connectivity index is 1.64. The Kier molecular flexibility index (Phi) is 4.76. The summed E-state index contributed by atoms with van der Waals surface area (Å²) in [6, 6.07) is 9.42. The maximum atomic E-state index is 13.6. The fourth-order valence-electron chi connectivity index (χ4n) is 2.49. The summed E-state index contributed by atoms with van der Waals surface area (Å²) in [6.07, 6.45) is 2.83. The minimum atomic E-state index is -0.442. The van der Waals surface area contributed by atoms with E-state index < -0.39 is 11.2 Å². The zero-order valence-electron chi connectivity index (χ0n) is 13.4. The third-order valence-electron chi connectivity index (χ3n) is 4.19. The molecule has 5 nitrogen and oxygen atoms in total. The molecule has 126 valence electrons. The molecule has 24 heavy (non-hydrogen) atoms. The van der Waals surface area contributed by atoms with Crippen LogP contribution in [0.2, 0.25) is 0 Å². The van der Waals surface area contributed by atoms with E-state index in [1.165, 1.54) is 18.3 Å². The van der Waals surface area contributed by atoms with Crippen molar-refractivity contribution in [3.05, 3.63) is 48.4 Å². The number of halogens is 1. The lowest BCUT2D eigenvalue weighted by Gasteiger charge is -2.31. The Bertz CT molecular complexity index is 712. The molecule has 0 saturated carbocycles. The highest BCUT2D eigenvalue weighted by atomic mass is 19.1. The van der Waals surface area contributed by atoms with Crippen molar-refractivity contribution >= 4 is 11.7 Å². The number of carbonyl (C=O) groups is 1. The molecule has 2 heterocycles. The number of hydrogen-bond donors (Lipinski definition) is 1. The lowest BCUT2D eigenvalue weighted by atomic mass is 9.81. The molecule has 2 aromatic rings. The second kappa shape index (κ2) is 6.97. The molecule has 1 aliphatic rings. The maximum absolute atomic E-state index is 13.6. The summed E-state index contributed by atoms with van der Waals surface area (Å²) >= 11 is 0. The van der Waals surface area contributed by atoms with Crippen LogP contribution in [0, 0.1) is 11.2 Å². The van der Waals surface area contributed by atoms with E-state index in [0.29, 0.717) is 37.6 Å². The van der Waals surface area contributed by atoms with Crippen molar-refractivity contribution in [2.45, 2.75) is 19.8 Å². The molecule has 0 unspecified atom stereocenters. The molecule has 1 aromatic heterocycles. The molecule has 6 heteroatoms. The van der Waals surface area contributed by atoms with E-state index in [0.717, 1.165) is 0 Å². The van der Waals surface area contributed by atoms with Gasteiger partial charge in [-0.2, -0.15) is 0 Å². The van der Waals surface area contributed by atoms with Crippen LogP contribution in [0.1, 0.15) is 19.8 Å². The molecule has 1 aromatic carbocycles. The van der Waals surface area contributed by atoms with Crippen molar-refractivity contribution in [1.29, 1.82) is 0 Å². The van der Waals surface area contributed by atoms with E-state index in [1.807, 2.05) is 6.92 Å². The highest BCUT2D eigenvalue weighted by molar-refractivity contribution is 5.94. The molecule has 0 aliphatic carbocycles. The van der Waals surface area contributed by atoms with Crippen LogP contribution in [0.3, 0.4) is 0 Å². The van der Waals surface area contributed by atoms with Crippen LogP contribution in [0.25, 0.3) is 0 Å². The van der Waals surface area contributed by atoms with E-state index >= 15 is 0 Å². The molecule has 1 aliphatic heterocycles. The Morgan fingerprint density at radius 3 is 2.67 bits per heavy atom. The number of nitrogens with one attached hydrogen (secondary N) is 1. The average Bonchev–Trinajstić information content (AvgIpc) is 2.59. The van der Waals surface area contributed by atoms with Gasteiger partial charge in [0.1, 0.15) is 11.6 Å². The summed E-state index contributed by atoms with van der Waals surface area (Å²) in [5.41, 5.74) is -0.442. The Morgan fingerprint density at radius 1 is 1.25 bits per heavy atom. The second-order valence-electron chi connectivity index (χ2n) is 6.04. The van der Waals surface area contributed by atoms with Gasteiger partial charge >= 0.3 is 0 Å². The Labute approximate surface area is 139 Å². The van der Waals surface area contributed by atoms with Gasteiger partial charge in [0.15, 0.2) is 11.6 Å². The minimum absolute atomic E-state index is 0.0685. The van der Waals surface area contributed by atoms with Gasteiger partial charge in [-0.15, -0.1) is 0 Å². The number of amides is 1. The molecule has 1 amide bonds. The van der Waals surface area contributed by atoms with Crippen LogP contribution in [-0.2, 0) is 9.53 Å². The smallest absolute Gasteiger partial charge is 0.231 e. The van der Waals surface area contributed by atoms with Crippen LogP contribution in [0.5, 0.6) is 11.5 Å². The third-order valence-corrected chi connectivity index (χ3v) is 4.19. The number of pyridine rings is 1. The van der Waals surface area contributed by atoms with Crippen molar-refractivity contribution in [2.24, 2.45) is 5.41 Å². The first-order valence-corrected chi connectivity index (χ1v) is 7.84. The number of ether oxygens (including phenoxy) is 2. The van der Waals surface area contributed by atoms with Crippen LogP contribution in [-0.4, -0.2) is 24.1 Å². The molecule has 1 saturated heterocycles. The summed E-state index contributed by atoms with van der Waals surface area (Å²) in [6.45, 7) is 3.11. The van der Waals surface area contributed by atoms with E-state index in [1.54, 1.807) is 24.3 Å². The zero-order valence-corrected chi connectivity index (χ0v) is 13.4. The van der Waals surface area contributed by atoms with Crippen molar-refractivity contribution in [2.75, 3.05) is 18.5 Å². The second-order valence-corrected chi connectivity index (χ2v) is 6.04. The van der Waals surface area contributed by atoms with E-state index in [4.69, 9.17) is 9.47 Å². The molecule has 1 fully saturated rings. The number of hydrogen-bond acceptors (Lipinski definition) is 4. The van der Waals surface area contributed by atoms with Gasteiger partial charge in [0, 0.05) is 13.2 Å². The van der Waals surface area contributed by atoms with Crippen LogP contribution in [0.4, 0.5) is 10.2 Å². The van der Waals surface area contributed by atoms with E-state index in [2.05, 4.69) is 10.3 Å². The largest absolute Gasteiger partial charge is 0.453 e. The first kappa shape index (κ1) is 16.4. The molecule has 0 spiro atoms. The van der Waals surface area contributed by atoms with Gasteiger partial charge in [-0.1, -0.05) is 19.1 Å². The molecule has 3 rings (SSSR count). The van der Waals surface area contributed by atoms with E-state index in [9.17, 15) is 9.18 Å². The quantitative estimate of drug-likeness (QED) is 0.927. The van der Waals surface area contributed by atoms with Gasteiger partial charge in [0.25, 0.3) is 0 Å². The number of rotatable bonds is 4. The lowest BCUT2D eigenvalue weighted by Crippen LogP contribution is -2.38. The van der Waals surface area contributed by atoms with Gasteiger partial charge in [0.2, 0.25) is 5.91 Å². The lowest BCUT2D eigenvalue weighted by molar-refractivity contribution is -0.129. The first-order chi connectivity index (χ1) is 11.6. The summed E-state index contributed by atoms with van der Waals surface area (Å²) in [7, 11) is 0. The summed E-state index contributed by atoms with van der Waals surface area (Å²) in [4.78, 5) is 16.6. The molecule has 0 radical (unpaired) electrons. The number of benzene rings is 1. The van der Waals surface area contributed by atoms with Crippen LogP contribution < -0.4 is 10.1 Å². The maximum Gasteiger partial charge on any atom is 0.231 e. The van der Waals surface area contributed by atoms with Crippen molar-refractivity contribution in [1.82, 2.24) is 4.98 Å². The zero-order chi connectivity index (χ0) is 17.0. The molecule has 1 N–H and O–H groups in total. The highest BCUT2D eigenvalue weighted by Crippen LogP contribution is 2.31. The Hall–Kier alpha value is -2.47. The van der Waals surface area contributed by atoms with Gasteiger partial charge in [-0.25, -0.2) is 9.37 Å². The SMILES string of the molecule is CC1(C(=O)Nc2ccc(Oc3ccccc3F)cn2)CCOCC1. The summed E-state index contributed by atoms with van der Waals surface area (Å²) in [5, 5.41) is 2.82. The molecule has 0 bridgehead atoms. The summed E-state index contributed by atoms with van der Waals surface area (Å²) < 4.78 is 24.3. The number of carbonyl (C=O) groups excluding carboxylic acids is 1. The predicted molar refractivity (Wildman–Crippen MR) is 87.5 cm³/mol. The molecular formula is C18H19FN2O3. The fraction of sp³-hybridized carbons (Fsp3) is 0.333. The molecular weight excluding hydrogens is 311 g/mol. The van der Waals surface area contributed by atoms with Crippen molar-refractivity contribution in [3.63, 3.8) is 0 Å². The number of nitrogens with zero attached hydrogens (tertiary/aromatic N) is 1. The predicted octanol–water partition coefficient (Wildman–Crippen LogP) is 3.77. The number of anilines is 1. The monoisotopic (exact) mass is 330 g/mol. The highest BCUT2D eigenvalue weighted by Gasteiger charge is 2.35. The summed E-state index contributed by atoms with van der Waals surface area (Å²) in [5.74, 6) is 0.457. The van der Waals surface area contributed by atoms with Gasteiger partial charge in [0.05, 0.1) is 11.6 Å². The van der Waals surface area contributed by atoms with Gasteiger partial charge in [-0.05, 0) is 37.1 Å². The normalized spacial score (nSPS) is 16.4. The van der Waals surface area contributed by atoms with Crippen LogP contribution >= 0.6 is 0 Å². The van der Waals surface area contributed by atoms with E-state index in [-0.39, 0.29) is 11.7 Å². The van der Waals surface area contributed by atoms with Crippen LogP contribution in [0.15, 0.2) is 42.6 Å². The number of aromatic nitrogens is 1. The fourth-order valence-corrected chi connectivity index (χ4v) is 2.49. The van der Waals surface area contributed by atoms with Gasteiger partial charge in [-0.3, -0.25) is 4.79 Å². The first-order valence-electron chi connectivity index (χ1n) is 7.84. The van der Waals surface area contributed by atoms with Gasteiger partial charge < -0.3 is 14.8 Å². The van der Waals surface area contributed by atoms with Crippen molar-refractivity contribution < 1.29 is 18.7 Å². The topological polar surface area (TPSA) is 60.5 Å². The third kappa shape index (κ3) is 3.71. The number of para-hydroxylation sites is 1. The molecule has 0 atom stereocenters. The minimum Gasteiger partial charge on any atom is -0.453 e. The Morgan fingerprint density at radius 2 is 2.00 bits per heavy atom. The van der Waals surface area contributed by atoms with Crippen molar-refractivity contribution in [3.8, 4) is 11.5 Å².